The molecular weight excluding hydrogens is 314 g/mol. The third-order valence-electron chi connectivity index (χ3n) is 3.44. The Morgan fingerprint density at radius 3 is 2.65 bits per heavy atom. The van der Waals surface area contributed by atoms with E-state index < -0.39 is 5.97 Å². The van der Waals surface area contributed by atoms with Crippen LogP contribution in [-0.4, -0.2) is 19.0 Å². The van der Waals surface area contributed by atoms with Crippen molar-refractivity contribution in [1.82, 2.24) is 5.32 Å². The highest BCUT2D eigenvalue weighted by Crippen LogP contribution is 2.24. The first-order valence-corrected chi connectivity index (χ1v) is 7.87. The maximum atomic E-state index is 12.3. The lowest BCUT2D eigenvalue weighted by atomic mass is 10.2. The molecule has 1 N–H and O–H groups in total. The Morgan fingerprint density at radius 2 is 1.91 bits per heavy atom. The van der Waals surface area contributed by atoms with E-state index in [9.17, 15) is 9.59 Å². The molecule has 2 aromatic heterocycles. The maximum Gasteiger partial charge on any atom is 0.348 e. The highest BCUT2D eigenvalue weighted by Gasteiger charge is 2.18. The average molecular weight is 329 g/mol. The third kappa shape index (κ3) is 3.12. The van der Waals surface area contributed by atoms with E-state index in [0.29, 0.717) is 15.5 Å². The normalized spacial score (nSPS) is 12.1. The molecule has 1 aromatic carbocycles. The molecular formula is C17H15NO4S. The summed E-state index contributed by atoms with van der Waals surface area (Å²) in [7, 11) is 1.31. The largest absolute Gasteiger partial charge is 0.465 e. The first-order valence-electron chi connectivity index (χ1n) is 7.06. The lowest BCUT2D eigenvalue weighted by Gasteiger charge is -2.10. The summed E-state index contributed by atoms with van der Waals surface area (Å²) in [4.78, 5) is 24.6. The van der Waals surface area contributed by atoms with Gasteiger partial charge in [-0.05, 0) is 31.2 Å². The molecule has 23 heavy (non-hydrogen) atoms. The van der Waals surface area contributed by atoms with Crippen molar-refractivity contribution in [3.63, 3.8) is 0 Å². The number of amides is 1. The Morgan fingerprint density at radius 1 is 1.17 bits per heavy atom. The minimum atomic E-state index is -0.445. The fraction of sp³-hybridized carbons (Fsp3) is 0.176. The highest BCUT2D eigenvalue weighted by molar-refractivity contribution is 7.15. The molecule has 0 aliphatic rings. The second kappa shape index (κ2) is 6.26. The van der Waals surface area contributed by atoms with Gasteiger partial charge < -0.3 is 14.5 Å². The van der Waals surface area contributed by atoms with Crippen LogP contribution < -0.4 is 5.32 Å². The van der Waals surface area contributed by atoms with Gasteiger partial charge in [0.1, 0.15) is 16.2 Å². The second-order valence-corrected chi connectivity index (χ2v) is 6.12. The van der Waals surface area contributed by atoms with E-state index in [-0.39, 0.29) is 11.9 Å². The van der Waals surface area contributed by atoms with Crippen molar-refractivity contribution >= 4 is 34.2 Å². The summed E-state index contributed by atoms with van der Waals surface area (Å²) in [5, 5.41) is 3.86. The Labute approximate surface area is 136 Å². The zero-order valence-corrected chi connectivity index (χ0v) is 13.5. The lowest BCUT2D eigenvalue weighted by Crippen LogP contribution is -2.25. The molecule has 0 saturated heterocycles. The SMILES string of the molecule is COC(=O)c1ccc(C(=O)NC(C)c2cc3ccccc3o2)s1. The summed E-state index contributed by atoms with van der Waals surface area (Å²) >= 11 is 1.10. The first kappa shape index (κ1) is 15.3. The number of para-hydroxylation sites is 1. The molecule has 0 fully saturated rings. The smallest absolute Gasteiger partial charge is 0.348 e. The van der Waals surface area contributed by atoms with E-state index in [1.807, 2.05) is 37.3 Å². The van der Waals surface area contributed by atoms with Gasteiger partial charge in [-0.1, -0.05) is 18.2 Å². The van der Waals surface area contributed by atoms with Crippen LogP contribution in [0.5, 0.6) is 0 Å². The fourth-order valence-corrected chi connectivity index (χ4v) is 3.05. The number of fused-ring (bicyclic) bond motifs is 1. The van der Waals surface area contributed by atoms with E-state index in [1.54, 1.807) is 12.1 Å². The Kier molecular flexibility index (Phi) is 4.16. The van der Waals surface area contributed by atoms with Gasteiger partial charge in [0, 0.05) is 5.39 Å². The number of esters is 1. The number of hydrogen-bond acceptors (Lipinski definition) is 5. The van der Waals surface area contributed by atoms with Crippen molar-refractivity contribution in [3.05, 3.63) is 58.0 Å². The molecule has 5 nitrogen and oxygen atoms in total. The van der Waals surface area contributed by atoms with E-state index in [2.05, 4.69) is 10.1 Å². The van der Waals surface area contributed by atoms with Gasteiger partial charge in [-0.2, -0.15) is 0 Å². The van der Waals surface area contributed by atoms with E-state index in [4.69, 9.17) is 4.42 Å². The number of thiophene rings is 1. The number of methoxy groups -OCH3 is 1. The van der Waals surface area contributed by atoms with Gasteiger partial charge in [0.15, 0.2) is 0 Å². The minimum Gasteiger partial charge on any atom is -0.465 e. The Bertz CT molecular complexity index is 831. The summed E-state index contributed by atoms with van der Waals surface area (Å²) < 4.78 is 10.4. The van der Waals surface area contributed by atoms with Gasteiger partial charge in [-0.15, -0.1) is 11.3 Å². The summed E-state index contributed by atoms with van der Waals surface area (Å²) in [5.74, 6) is -0.0122. The van der Waals surface area contributed by atoms with E-state index >= 15 is 0 Å². The molecule has 0 bridgehead atoms. The molecule has 118 valence electrons. The van der Waals surface area contributed by atoms with Crippen LogP contribution >= 0.6 is 11.3 Å². The second-order valence-electron chi connectivity index (χ2n) is 5.04. The molecule has 0 spiro atoms. The van der Waals surface area contributed by atoms with Crippen molar-refractivity contribution in [2.24, 2.45) is 0 Å². The number of furan rings is 1. The van der Waals surface area contributed by atoms with Crippen molar-refractivity contribution in [1.29, 1.82) is 0 Å². The van der Waals surface area contributed by atoms with Gasteiger partial charge in [-0.25, -0.2) is 4.79 Å². The maximum absolute atomic E-state index is 12.3. The zero-order chi connectivity index (χ0) is 16.4. The summed E-state index contributed by atoms with van der Waals surface area (Å²) in [5.41, 5.74) is 0.785. The predicted octanol–water partition coefficient (Wildman–Crippen LogP) is 3.77. The molecule has 1 amide bonds. The van der Waals surface area contributed by atoms with Gasteiger partial charge in [0.25, 0.3) is 5.91 Å². The van der Waals surface area contributed by atoms with Gasteiger partial charge in [0.2, 0.25) is 0 Å². The van der Waals surface area contributed by atoms with Crippen LogP contribution in [0.3, 0.4) is 0 Å². The molecule has 0 aliphatic carbocycles. The highest BCUT2D eigenvalue weighted by atomic mass is 32.1. The third-order valence-corrected chi connectivity index (χ3v) is 4.50. The number of rotatable bonds is 4. The number of benzene rings is 1. The standard InChI is InChI=1S/C17H15NO4S/c1-10(13-9-11-5-3-4-6-12(11)22-13)18-16(19)14-7-8-15(23-14)17(20)21-2/h3-10H,1-2H3,(H,18,19). The van der Waals surface area contributed by atoms with Crippen LogP contribution in [0, 0.1) is 0 Å². The van der Waals surface area contributed by atoms with E-state index in [0.717, 1.165) is 22.3 Å². The van der Waals surface area contributed by atoms with Gasteiger partial charge in [0.05, 0.1) is 18.0 Å². The molecule has 2 heterocycles. The summed E-state index contributed by atoms with van der Waals surface area (Å²) in [6.45, 7) is 1.85. The minimum absolute atomic E-state index is 0.252. The number of hydrogen-bond donors (Lipinski definition) is 1. The summed E-state index contributed by atoms with van der Waals surface area (Å²) in [6.07, 6.45) is 0. The van der Waals surface area contributed by atoms with Crippen molar-refractivity contribution in [3.8, 4) is 0 Å². The monoisotopic (exact) mass is 329 g/mol. The predicted molar refractivity (Wildman–Crippen MR) is 87.8 cm³/mol. The molecule has 0 saturated carbocycles. The molecule has 1 atom stereocenters. The number of nitrogens with one attached hydrogen (secondary N) is 1. The lowest BCUT2D eigenvalue weighted by molar-refractivity contribution is 0.0606. The first-order chi connectivity index (χ1) is 11.1. The van der Waals surface area contributed by atoms with Crippen molar-refractivity contribution < 1.29 is 18.7 Å². The number of ether oxygens (including phenoxy) is 1. The quantitative estimate of drug-likeness (QED) is 0.740. The molecule has 6 heteroatoms. The molecule has 0 radical (unpaired) electrons. The molecule has 3 aromatic rings. The zero-order valence-electron chi connectivity index (χ0n) is 12.7. The molecule has 3 rings (SSSR count). The Hall–Kier alpha value is -2.60. The van der Waals surface area contributed by atoms with Gasteiger partial charge >= 0.3 is 5.97 Å². The fourth-order valence-electron chi connectivity index (χ4n) is 2.22. The van der Waals surface area contributed by atoms with Crippen LogP contribution in [0.15, 0.2) is 46.9 Å². The number of carbonyl (C=O) groups excluding carboxylic acids is 2. The van der Waals surface area contributed by atoms with Crippen LogP contribution in [-0.2, 0) is 4.74 Å². The topological polar surface area (TPSA) is 68.5 Å². The van der Waals surface area contributed by atoms with E-state index in [1.165, 1.54) is 7.11 Å². The molecule has 0 aliphatic heterocycles. The average Bonchev–Trinajstić information content (AvgIpc) is 3.20. The van der Waals surface area contributed by atoms with Crippen molar-refractivity contribution in [2.75, 3.05) is 7.11 Å². The van der Waals surface area contributed by atoms with Crippen molar-refractivity contribution in [2.45, 2.75) is 13.0 Å². The van der Waals surface area contributed by atoms with Crippen LogP contribution in [0.25, 0.3) is 11.0 Å². The van der Waals surface area contributed by atoms with Gasteiger partial charge in [-0.3, -0.25) is 4.79 Å². The van der Waals surface area contributed by atoms with Crippen LogP contribution in [0.2, 0.25) is 0 Å². The molecule has 1 unspecified atom stereocenters. The summed E-state index contributed by atoms with van der Waals surface area (Å²) in [6, 6.07) is 12.5. The number of carbonyl (C=O) groups is 2. The van der Waals surface area contributed by atoms with Crippen LogP contribution in [0.1, 0.15) is 38.1 Å². The Balaban J connectivity index is 1.74. The van der Waals surface area contributed by atoms with Crippen LogP contribution in [0.4, 0.5) is 0 Å².